The fraction of sp³-hybridized carbons (Fsp3) is 0.167. The van der Waals surface area contributed by atoms with E-state index in [9.17, 15) is 13.2 Å². The van der Waals surface area contributed by atoms with Crippen molar-refractivity contribution in [2.24, 2.45) is 0 Å². The number of aromatic carboxylic acids is 1. The van der Waals surface area contributed by atoms with Crippen molar-refractivity contribution >= 4 is 38.9 Å². The van der Waals surface area contributed by atoms with Crippen molar-refractivity contribution in [1.29, 1.82) is 0 Å². The predicted molar refractivity (Wildman–Crippen MR) is 79.3 cm³/mol. The summed E-state index contributed by atoms with van der Waals surface area (Å²) in [5.74, 6) is -1.25. The first-order valence-electron chi connectivity index (χ1n) is 5.72. The van der Waals surface area contributed by atoms with Crippen molar-refractivity contribution in [1.82, 2.24) is 9.71 Å². The Hall–Kier alpha value is -1.48. The Morgan fingerprint density at radius 1 is 1.43 bits per heavy atom. The van der Waals surface area contributed by atoms with Gasteiger partial charge in [-0.25, -0.2) is 22.9 Å². The van der Waals surface area contributed by atoms with Crippen LogP contribution in [0, 0.1) is 6.92 Å². The average Bonchev–Trinajstić information content (AvgIpc) is 2.81. The molecule has 21 heavy (non-hydrogen) atoms. The summed E-state index contributed by atoms with van der Waals surface area (Å²) in [5, 5.41) is 11.4. The van der Waals surface area contributed by atoms with Crippen molar-refractivity contribution in [3.8, 4) is 0 Å². The molecule has 0 bridgehead atoms. The molecule has 0 amide bonds. The molecular formula is C12H11ClN2O4S2. The Kier molecular flexibility index (Phi) is 4.62. The second-order valence-corrected chi connectivity index (χ2v) is 7.33. The molecule has 112 valence electrons. The van der Waals surface area contributed by atoms with Gasteiger partial charge in [-0.15, -0.1) is 11.3 Å². The maximum absolute atomic E-state index is 12.2. The number of halogens is 1. The number of benzene rings is 1. The van der Waals surface area contributed by atoms with Crippen LogP contribution < -0.4 is 4.72 Å². The Balaban J connectivity index is 2.25. The second kappa shape index (κ2) is 6.10. The van der Waals surface area contributed by atoms with Crippen LogP contribution in [-0.4, -0.2) is 24.5 Å². The quantitative estimate of drug-likeness (QED) is 0.865. The van der Waals surface area contributed by atoms with E-state index in [-0.39, 0.29) is 22.0 Å². The van der Waals surface area contributed by atoms with Gasteiger partial charge in [0.1, 0.15) is 5.01 Å². The van der Waals surface area contributed by atoms with Gasteiger partial charge < -0.3 is 5.11 Å². The summed E-state index contributed by atoms with van der Waals surface area (Å²) in [6.07, 6.45) is 0. The molecule has 0 atom stereocenters. The lowest BCUT2D eigenvalue weighted by atomic mass is 10.2. The maximum Gasteiger partial charge on any atom is 0.335 e. The molecule has 0 saturated heterocycles. The average molecular weight is 347 g/mol. The number of aryl methyl sites for hydroxylation is 1. The highest BCUT2D eigenvalue weighted by molar-refractivity contribution is 7.89. The molecule has 1 aromatic heterocycles. The largest absolute Gasteiger partial charge is 0.478 e. The molecule has 0 aliphatic rings. The number of nitrogens with zero attached hydrogens (tertiary/aromatic N) is 1. The van der Waals surface area contributed by atoms with Gasteiger partial charge in [0.05, 0.1) is 17.0 Å². The number of sulfonamides is 1. The normalized spacial score (nSPS) is 11.5. The zero-order valence-corrected chi connectivity index (χ0v) is 13.2. The third kappa shape index (κ3) is 4.01. The SMILES string of the molecule is Cc1csc(CNS(=O)(=O)c2cc(Cl)cc(C(=O)O)c2)n1. The standard InChI is InChI=1S/C12H11ClN2O4S2/c1-7-6-20-11(15-7)5-14-21(18,19)10-3-8(12(16)17)2-9(13)4-10/h2-4,6,14H,5H2,1H3,(H,16,17). The minimum absolute atomic E-state index is 0.0375. The number of aromatic nitrogens is 1. The van der Waals surface area contributed by atoms with Crippen LogP contribution in [0.3, 0.4) is 0 Å². The highest BCUT2D eigenvalue weighted by Gasteiger charge is 2.18. The van der Waals surface area contributed by atoms with E-state index in [1.165, 1.54) is 23.5 Å². The molecule has 0 saturated carbocycles. The molecule has 0 fully saturated rings. The minimum Gasteiger partial charge on any atom is -0.478 e. The topological polar surface area (TPSA) is 96.4 Å². The number of hydrogen-bond acceptors (Lipinski definition) is 5. The van der Waals surface area contributed by atoms with E-state index in [0.29, 0.717) is 5.01 Å². The molecule has 2 rings (SSSR count). The van der Waals surface area contributed by atoms with E-state index in [2.05, 4.69) is 9.71 Å². The van der Waals surface area contributed by atoms with Crippen LogP contribution in [0.2, 0.25) is 5.02 Å². The van der Waals surface area contributed by atoms with E-state index < -0.39 is 16.0 Å². The summed E-state index contributed by atoms with van der Waals surface area (Å²) < 4.78 is 26.7. The van der Waals surface area contributed by atoms with Crippen LogP contribution in [0.25, 0.3) is 0 Å². The van der Waals surface area contributed by atoms with Crippen molar-refractivity contribution in [3.05, 3.63) is 44.9 Å². The van der Waals surface area contributed by atoms with Crippen LogP contribution in [0.4, 0.5) is 0 Å². The Bertz CT molecular complexity index is 786. The van der Waals surface area contributed by atoms with Gasteiger partial charge in [-0.05, 0) is 25.1 Å². The van der Waals surface area contributed by atoms with Crippen molar-refractivity contribution in [2.75, 3.05) is 0 Å². The molecule has 1 heterocycles. The summed E-state index contributed by atoms with van der Waals surface area (Å²) >= 11 is 7.09. The lowest BCUT2D eigenvalue weighted by molar-refractivity contribution is 0.0696. The molecule has 9 heteroatoms. The van der Waals surface area contributed by atoms with Gasteiger partial charge in [-0.1, -0.05) is 11.6 Å². The number of carbonyl (C=O) groups is 1. The molecule has 0 aliphatic heterocycles. The summed E-state index contributed by atoms with van der Waals surface area (Å²) in [5.41, 5.74) is 0.623. The third-order valence-electron chi connectivity index (χ3n) is 2.51. The molecule has 2 aromatic rings. The minimum atomic E-state index is -3.86. The van der Waals surface area contributed by atoms with Gasteiger partial charge >= 0.3 is 5.97 Å². The summed E-state index contributed by atoms with van der Waals surface area (Å²) in [4.78, 5) is 14.9. The Morgan fingerprint density at radius 2 is 2.14 bits per heavy atom. The highest BCUT2D eigenvalue weighted by atomic mass is 35.5. The zero-order chi connectivity index (χ0) is 15.6. The first-order chi connectivity index (χ1) is 9.78. The molecule has 0 radical (unpaired) electrons. The van der Waals surface area contributed by atoms with E-state index in [1.54, 1.807) is 0 Å². The number of nitrogens with one attached hydrogen (secondary N) is 1. The molecular weight excluding hydrogens is 336 g/mol. The fourth-order valence-corrected chi connectivity index (χ4v) is 3.73. The van der Waals surface area contributed by atoms with E-state index in [4.69, 9.17) is 16.7 Å². The van der Waals surface area contributed by atoms with Gasteiger partial charge in [0, 0.05) is 16.1 Å². The molecule has 1 aromatic carbocycles. The van der Waals surface area contributed by atoms with Crippen molar-refractivity contribution in [2.45, 2.75) is 18.4 Å². The molecule has 0 aliphatic carbocycles. The molecule has 0 unspecified atom stereocenters. The summed E-state index contributed by atoms with van der Waals surface area (Å²) in [6.45, 7) is 1.85. The highest BCUT2D eigenvalue weighted by Crippen LogP contribution is 2.19. The van der Waals surface area contributed by atoms with Crippen LogP contribution in [0.1, 0.15) is 21.1 Å². The smallest absolute Gasteiger partial charge is 0.335 e. The lowest BCUT2D eigenvalue weighted by Crippen LogP contribution is -2.23. The van der Waals surface area contributed by atoms with Gasteiger partial charge in [0.25, 0.3) is 0 Å². The number of carboxylic acids is 1. The van der Waals surface area contributed by atoms with Gasteiger partial charge in [-0.3, -0.25) is 0 Å². The Morgan fingerprint density at radius 3 is 2.71 bits per heavy atom. The molecule has 2 N–H and O–H groups in total. The van der Waals surface area contributed by atoms with Crippen LogP contribution >= 0.6 is 22.9 Å². The van der Waals surface area contributed by atoms with E-state index >= 15 is 0 Å². The predicted octanol–water partition coefficient (Wildman–Crippen LogP) is 2.28. The van der Waals surface area contributed by atoms with Crippen LogP contribution in [0.5, 0.6) is 0 Å². The summed E-state index contributed by atoms with van der Waals surface area (Å²) in [6, 6.07) is 3.44. The molecule has 6 nitrogen and oxygen atoms in total. The van der Waals surface area contributed by atoms with E-state index in [1.807, 2.05) is 12.3 Å². The van der Waals surface area contributed by atoms with Crippen LogP contribution in [-0.2, 0) is 16.6 Å². The lowest BCUT2D eigenvalue weighted by Gasteiger charge is -2.07. The van der Waals surface area contributed by atoms with Gasteiger partial charge in [-0.2, -0.15) is 0 Å². The maximum atomic E-state index is 12.2. The summed E-state index contributed by atoms with van der Waals surface area (Å²) in [7, 11) is -3.86. The second-order valence-electron chi connectivity index (χ2n) is 4.19. The third-order valence-corrected chi connectivity index (χ3v) is 5.07. The van der Waals surface area contributed by atoms with E-state index in [0.717, 1.165) is 11.8 Å². The van der Waals surface area contributed by atoms with Crippen molar-refractivity contribution in [3.63, 3.8) is 0 Å². The molecule has 0 spiro atoms. The number of hydrogen-bond donors (Lipinski definition) is 2. The first-order valence-corrected chi connectivity index (χ1v) is 8.46. The Labute approximate surface area is 130 Å². The van der Waals surface area contributed by atoms with Crippen molar-refractivity contribution < 1.29 is 18.3 Å². The van der Waals surface area contributed by atoms with Crippen LogP contribution in [0.15, 0.2) is 28.5 Å². The first kappa shape index (κ1) is 15.9. The van der Waals surface area contributed by atoms with Gasteiger partial charge in [0.2, 0.25) is 10.0 Å². The monoisotopic (exact) mass is 346 g/mol. The zero-order valence-electron chi connectivity index (χ0n) is 10.8. The fourth-order valence-electron chi connectivity index (χ4n) is 1.57. The number of thiazole rings is 1. The van der Waals surface area contributed by atoms with Gasteiger partial charge in [0.15, 0.2) is 0 Å². The number of carboxylic acid groups (broad SMARTS) is 1. The number of rotatable bonds is 5.